The van der Waals surface area contributed by atoms with Gasteiger partial charge in [0.15, 0.2) is 0 Å². The highest BCUT2D eigenvalue weighted by Gasteiger charge is 2.67. The standard InChI is InChI=1S/C17H24N2O2.ClH/c1-16(13-17(16)7-9-18-10-8-17)15(20)19-11-12-21-14-5-3-2-4-6-14;/h2-6,18H,7-13H2,1H3,(H,19,20);1H. The van der Waals surface area contributed by atoms with Crippen LogP contribution in [0.2, 0.25) is 0 Å². The van der Waals surface area contributed by atoms with Gasteiger partial charge in [-0.15, -0.1) is 12.4 Å². The van der Waals surface area contributed by atoms with Crippen molar-refractivity contribution in [3.05, 3.63) is 30.3 Å². The summed E-state index contributed by atoms with van der Waals surface area (Å²) in [5, 5.41) is 6.42. The van der Waals surface area contributed by atoms with Crippen LogP contribution < -0.4 is 15.4 Å². The molecule has 1 aromatic carbocycles. The molecule has 1 atom stereocenters. The molecule has 1 aliphatic carbocycles. The fraction of sp³-hybridized carbons (Fsp3) is 0.588. The Morgan fingerprint density at radius 1 is 1.27 bits per heavy atom. The molecule has 22 heavy (non-hydrogen) atoms. The van der Waals surface area contributed by atoms with Crippen LogP contribution in [0, 0.1) is 10.8 Å². The van der Waals surface area contributed by atoms with Crippen molar-refractivity contribution < 1.29 is 9.53 Å². The second-order valence-electron chi connectivity index (χ2n) is 6.46. The number of benzene rings is 1. The molecule has 1 heterocycles. The second-order valence-corrected chi connectivity index (χ2v) is 6.46. The zero-order valence-corrected chi connectivity index (χ0v) is 13.9. The zero-order valence-electron chi connectivity index (χ0n) is 13.1. The molecule has 0 bridgehead atoms. The number of nitrogens with one attached hydrogen (secondary N) is 2. The van der Waals surface area contributed by atoms with Gasteiger partial charge in [0.1, 0.15) is 12.4 Å². The molecule has 2 N–H and O–H groups in total. The summed E-state index contributed by atoms with van der Waals surface area (Å²) in [5.41, 5.74) is 0.0878. The van der Waals surface area contributed by atoms with Gasteiger partial charge in [-0.2, -0.15) is 0 Å². The maximum atomic E-state index is 12.4. The van der Waals surface area contributed by atoms with E-state index in [1.807, 2.05) is 30.3 Å². The highest BCUT2D eigenvalue weighted by Crippen LogP contribution is 2.68. The van der Waals surface area contributed by atoms with Crippen LogP contribution in [0.15, 0.2) is 30.3 Å². The van der Waals surface area contributed by atoms with E-state index in [1.165, 1.54) is 0 Å². The molecule has 122 valence electrons. The monoisotopic (exact) mass is 324 g/mol. The van der Waals surface area contributed by atoms with Gasteiger partial charge >= 0.3 is 0 Å². The van der Waals surface area contributed by atoms with Gasteiger partial charge in [-0.1, -0.05) is 25.1 Å². The van der Waals surface area contributed by atoms with Gasteiger partial charge in [-0.3, -0.25) is 4.79 Å². The summed E-state index contributed by atoms with van der Waals surface area (Å²) in [5.74, 6) is 1.04. The summed E-state index contributed by atoms with van der Waals surface area (Å²) >= 11 is 0. The number of hydrogen-bond acceptors (Lipinski definition) is 3. The molecule has 1 spiro atoms. The molecule has 1 aromatic rings. The van der Waals surface area contributed by atoms with E-state index in [4.69, 9.17) is 4.74 Å². The Balaban J connectivity index is 0.00000176. The van der Waals surface area contributed by atoms with Crippen LogP contribution in [-0.4, -0.2) is 32.1 Å². The highest BCUT2D eigenvalue weighted by molar-refractivity contribution is 5.86. The van der Waals surface area contributed by atoms with E-state index in [1.54, 1.807) is 0 Å². The summed E-state index contributed by atoms with van der Waals surface area (Å²) < 4.78 is 5.60. The molecule has 5 heteroatoms. The van der Waals surface area contributed by atoms with Gasteiger partial charge in [-0.05, 0) is 49.9 Å². The second kappa shape index (κ2) is 6.88. The normalized spacial score (nSPS) is 25.1. The third-order valence-electron chi connectivity index (χ3n) is 5.20. The number of rotatable bonds is 5. The van der Waals surface area contributed by atoms with Crippen LogP contribution in [0.3, 0.4) is 0 Å². The fourth-order valence-electron chi connectivity index (χ4n) is 3.63. The SMILES string of the molecule is CC1(C(=O)NCCOc2ccccc2)CC12CCNCC2.Cl. The third-order valence-corrected chi connectivity index (χ3v) is 5.20. The minimum atomic E-state index is -0.165. The first-order valence-electron chi connectivity index (χ1n) is 7.83. The van der Waals surface area contributed by atoms with Gasteiger partial charge in [0.25, 0.3) is 0 Å². The van der Waals surface area contributed by atoms with Crippen molar-refractivity contribution in [3.8, 4) is 5.75 Å². The summed E-state index contributed by atoms with van der Waals surface area (Å²) in [6, 6.07) is 9.70. The largest absolute Gasteiger partial charge is 0.492 e. The van der Waals surface area contributed by atoms with Crippen LogP contribution in [0.5, 0.6) is 5.75 Å². The lowest BCUT2D eigenvalue weighted by Gasteiger charge is -2.27. The Morgan fingerprint density at radius 3 is 2.64 bits per heavy atom. The number of carbonyl (C=O) groups is 1. The van der Waals surface area contributed by atoms with E-state index in [0.29, 0.717) is 13.2 Å². The predicted octanol–water partition coefficient (Wildman–Crippen LogP) is 2.38. The first-order chi connectivity index (χ1) is 10.2. The third kappa shape index (κ3) is 3.23. The van der Waals surface area contributed by atoms with Gasteiger partial charge < -0.3 is 15.4 Å². The molecule has 1 amide bonds. The Labute approximate surface area is 138 Å². The average Bonchev–Trinajstić information content (AvgIpc) is 3.10. The Kier molecular flexibility index (Phi) is 5.35. The van der Waals surface area contributed by atoms with Crippen molar-refractivity contribution in [2.24, 2.45) is 10.8 Å². The first kappa shape index (κ1) is 17.1. The van der Waals surface area contributed by atoms with Crippen LogP contribution in [0.25, 0.3) is 0 Å². The van der Waals surface area contributed by atoms with Crippen molar-refractivity contribution in [2.75, 3.05) is 26.2 Å². The molecule has 0 aromatic heterocycles. The lowest BCUT2D eigenvalue weighted by atomic mass is 9.85. The van der Waals surface area contributed by atoms with Gasteiger partial charge in [0.05, 0.1) is 12.0 Å². The Hall–Kier alpha value is -1.26. The molecule has 2 fully saturated rings. The lowest BCUT2D eigenvalue weighted by Crippen LogP contribution is -2.39. The maximum Gasteiger partial charge on any atom is 0.226 e. The van der Waals surface area contributed by atoms with Crippen molar-refractivity contribution in [2.45, 2.75) is 26.2 Å². The molecule has 2 aliphatic rings. The molecule has 1 aliphatic heterocycles. The van der Waals surface area contributed by atoms with Crippen LogP contribution >= 0.6 is 12.4 Å². The van der Waals surface area contributed by atoms with E-state index >= 15 is 0 Å². The highest BCUT2D eigenvalue weighted by atomic mass is 35.5. The number of ether oxygens (including phenoxy) is 1. The fourth-order valence-corrected chi connectivity index (χ4v) is 3.63. The molecule has 0 radical (unpaired) electrons. The van der Waals surface area contributed by atoms with E-state index in [0.717, 1.165) is 38.1 Å². The molecule has 1 saturated carbocycles. The predicted molar refractivity (Wildman–Crippen MR) is 89.5 cm³/mol. The van der Waals surface area contributed by atoms with Crippen LogP contribution in [0.4, 0.5) is 0 Å². The summed E-state index contributed by atoms with van der Waals surface area (Å²) in [6.07, 6.45) is 3.28. The molecule has 4 nitrogen and oxygen atoms in total. The minimum Gasteiger partial charge on any atom is -0.492 e. The average molecular weight is 325 g/mol. The molecule has 1 unspecified atom stereocenters. The summed E-state index contributed by atoms with van der Waals surface area (Å²) in [7, 11) is 0. The Bertz CT molecular complexity index is 503. The van der Waals surface area contributed by atoms with Crippen LogP contribution in [-0.2, 0) is 4.79 Å². The number of amides is 1. The van der Waals surface area contributed by atoms with Crippen molar-refractivity contribution in [1.82, 2.24) is 10.6 Å². The molecule has 1 saturated heterocycles. The number of carbonyl (C=O) groups excluding carboxylic acids is 1. The van der Waals surface area contributed by atoms with Gasteiger partial charge in [0.2, 0.25) is 5.91 Å². The number of halogens is 1. The smallest absolute Gasteiger partial charge is 0.226 e. The van der Waals surface area contributed by atoms with Crippen LogP contribution in [0.1, 0.15) is 26.2 Å². The lowest BCUT2D eigenvalue weighted by molar-refractivity contribution is -0.127. The topological polar surface area (TPSA) is 50.4 Å². The van der Waals surface area contributed by atoms with E-state index in [2.05, 4.69) is 17.6 Å². The quantitative estimate of drug-likeness (QED) is 0.818. The van der Waals surface area contributed by atoms with Gasteiger partial charge in [-0.25, -0.2) is 0 Å². The van der Waals surface area contributed by atoms with E-state index in [9.17, 15) is 4.79 Å². The van der Waals surface area contributed by atoms with E-state index < -0.39 is 0 Å². The summed E-state index contributed by atoms with van der Waals surface area (Å²) in [4.78, 5) is 12.4. The maximum absolute atomic E-state index is 12.4. The Morgan fingerprint density at radius 2 is 1.95 bits per heavy atom. The van der Waals surface area contributed by atoms with Crippen molar-refractivity contribution >= 4 is 18.3 Å². The van der Waals surface area contributed by atoms with Crippen molar-refractivity contribution in [3.63, 3.8) is 0 Å². The minimum absolute atomic E-state index is 0. The summed E-state index contributed by atoms with van der Waals surface area (Å²) in [6.45, 7) is 5.28. The molecule has 3 rings (SSSR count). The van der Waals surface area contributed by atoms with Crippen molar-refractivity contribution in [1.29, 1.82) is 0 Å². The molecular formula is C17H25ClN2O2. The van der Waals surface area contributed by atoms with E-state index in [-0.39, 0.29) is 29.1 Å². The number of piperidine rings is 1. The van der Waals surface area contributed by atoms with Gasteiger partial charge in [0, 0.05) is 0 Å². The number of para-hydroxylation sites is 1. The first-order valence-corrected chi connectivity index (χ1v) is 7.83. The zero-order chi connectivity index (χ0) is 14.8. The molecular weight excluding hydrogens is 300 g/mol. The number of hydrogen-bond donors (Lipinski definition) is 2.